The fraction of sp³-hybridized carbons (Fsp3) is 1.00. The summed E-state index contributed by atoms with van der Waals surface area (Å²) in [5, 5.41) is 3.63. The average Bonchev–Trinajstić information content (AvgIpc) is 2.60. The van der Waals surface area contributed by atoms with Crippen LogP contribution in [0.4, 0.5) is 0 Å². The normalized spacial score (nSPS) is 27.2. The summed E-state index contributed by atoms with van der Waals surface area (Å²) in [5.41, 5.74) is 0.644. The molecule has 0 spiro atoms. The maximum atomic E-state index is 5.58. The van der Waals surface area contributed by atoms with Gasteiger partial charge >= 0.3 is 0 Å². The zero-order valence-electron chi connectivity index (χ0n) is 10.9. The molecule has 0 aromatic heterocycles. The Bertz CT molecular complexity index is 177. The molecule has 0 radical (unpaired) electrons. The molecule has 1 unspecified atom stereocenters. The molecule has 15 heavy (non-hydrogen) atoms. The zero-order valence-corrected chi connectivity index (χ0v) is 10.9. The van der Waals surface area contributed by atoms with Crippen LogP contribution in [0.1, 0.15) is 53.4 Å². The molecule has 1 rings (SSSR count). The second kappa shape index (κ2) is 5.31. The van der Waals surface area contributed by atoms with Crippen molar-refractivity contribution in [1.82, 2.24) is 5.32 Å². The molecule has 0 aromatic carbocycles. The smallest absolute Gasteiger partial charge is 0.0535 e. The van der Waals surface area contributed by atoms with E-state index in [0.29, 0.717) is 5.41 Å². The van der Waals surface area contributed by atoms with Crippen molar-refractivity contribution in [3.05, 3.63) is 0 Å². The van der Waals surface area contributed by atoms with Gasteiger partial charge < -0.3 is 10.1 Å². The van der Waals surface area contributed by atoms with E-state index in [2.05, 4.69) is 33.0 Å². The van der Waals surface area contributed by atoms with Gasteiger partial charge in [0.25, 0.3) is 0 Å². The molecule has 0 saturated carbocycles. The number of nitrogens with one attached hydrogen (secondary N) is 1. The van der Waals surface area contributed by atoms with E-state index in [-0.39, 0.29) is 5.54 Å². The molecule has 1 aliphatic heterocycles. The van der Waals surface area contributed by atoms with E-state index in [4.69, 9.17) is 4.74 Å². The summed E-state index contributed by atoms with van der Waals surface area (Å²) in [6, 6.07) is 0. The lowest BCUT2D eigenvalue weighted by atomic mass is 9.81. The van der Waals surface area contributed by atoms with E-state index in [0.717, 1.165) is 19.8 Å². The van der Waals surface area contributed by atoms with Crippen LogP contribution in [0.15, 0.2) is 0 Å². The van der Waals surface area contributed by atoms with Crippen LogP contribution >= 0.6 is 0 Å². The lowest BCUT2D eigenvalue weighted by molar-refractivity contribution is 0.136. The molecular formula is C13H27NO. The van der Waals surface area contributed by atoms with Crippen molar-refractivity contribution in [2.45, 2.75) is 58.9 Å². The van der Waals surface area contributed by atoms with Gasteiger partial charge in [0.1, 0.15) is 0 Å². The highest BCUT2D eigenvalue weighted by Gasteiger charge is 2.34. The molecule has 1 N–H and O–H groups in total. The summed E-state index contributed by atoms with van der Waals surface area (Å²) in [6.07, 6.45) is 5.16. The number of hydrogen-bond donors (Lipinski definition) is 1. The van der Waals surface area contributed by atoms with Crippen molar-refractivity contribution in [2.24, 2.45) is 5.41 Å². The van der Waals surface area contributed by atoms with E-state index in [1.807, 2.05) is 0 Å². The molecular weight excluding hydrogens is 186 g/mol. The van der Waals surface area contributed by atoms with Gasteiger partial charge in [0.05, 0.1) is 6.61 Å². The monoisotopic (exact) mass is 213 g/mol. The van der Waals surface area contributed by atoms with Crippen LogP contribution in [0.5, 0.6) is 0 Å². The number of hydrogen-bond acceptors (Lipinski definition) is 2. The molecule has 0 aliphatic carbocycles. The van der Waals surface area contributed by atoms with Gasteiger partial charge in [-0.25, -0.2) is 0 Å². The maximum absolute atomic E-state index is 5.58. The third-order valence-corrected chi connectivity index (χ3v) is 3.24. The minimum Gasteiger partial charge on any atom is -0.381 e. The van der Waals surface area contributed by atoms with Gasteiger partial charge in [-0.05, 0) is 33.6 Å². The van der Waals surface area contributed by atoms with Crippen LogP contribution in [0.2, 0.25) is 0 Å². The summed E-state index contributed by atoms with van der Waals surface area (Å²) >= 11 is 0. The summed E-state index contributed by atoms with van der Waals surface area (Å²) in [4.78, 5) is 0. The van der Waals surface area contributed by atoms with Crippen LogP contribution in [0.3, 0.4) is 0 Å². The highest BCUT2D eigenvalue weighted by molar-refractivity contribution is 4.87. The van der Waals surface area contributed by atoms with Crippen molar-refractivity contribution in [1.29, 1.82) is 0 Å². The quantitative estimate of drug-likeness (QED) is 0.758. The highest BCUT2D eigenvalue weighted by Crippen LogP contribution is 2.33. The fourth-order valence-electron chi connectivity index (χ4n) is 2.08. The first-order chi connectivity index (χ1) is 6.97. The molecule has 1 aliphatic rings. The molecule has 0 aromatic rings. The second-order valence-electron chi connectivity index (χ2n) is 6.01. The minimum absolute atomic E-state index is 0.224. The van der Waals surface area contributed by atoms with Gasteiger partial charge in [-0.2, -0.15) is 0 Å². The third-order valence-electron chi connectivity index (χ3n) is 3.24. The standard InChI is InChI=1S/C13H27NO/c1-5-6-7-13(8-9-15-11-13)10-14-12(2,3)4/h14H,5-11H2,1-4H3. The Hall–Kier alpha value is -0.0800. The number of unbranched alkanes of at least 4 members (excludes halogenated alkanes) is 1. The zero-order chi connectivity index (χ0) is 11.4. The van der Waals surface area contributed by atoms with Gasteiger partial charge in [-0.15, -0.1) is 0 Å². The van der Waals surface area contributed by atoms with Gasteiger partial charge in [-0.3, -0.25) is 0 Å². The molecule has 1 saturated heterocycles. The van der Waals surface area contributed by atoms with E-state index in [1.165, 1.54) is 25.7 Å². The third kappa shape index (κ3) is 4.52. The van der Waals surface area contributed by atoms with Crippen LogP contribution in [0, 0.1) is 5.41 Å². The Morgan fingerprint density at radius 1 is 1.33 bits per heavy atom. The van der Waals surface area contributed by atoms with Crippen LogP contribution in [0.25, 0.3) is 0 Å². The Balaban J connectivity index is 2.42. The van der Waals surface area contributed by atoms with E-state index in [1.54, 1.807) is 0 Å². The lowest BCUT2D eigenvalue weighted by Gasteiger charge is -2.32. The van der Waals surface area contributed by atoms with Crippen molar-refractivity contribution in [3.8, 4) is 0 Å². The fourth-order valence-corrected chi connectivity index (χ4v) is 2.08. The Labute approximate surface area is 94.8 Å². The lowest BCUT2D eigenvalue weighted by Crippen LogP contribution is -2.44. The highest BCUT2D eigenvalue weighted by atomic mass is 16.5. The van der Waals surface area contributed by atoms with Crippen LogP contribution in [-0.2, 0) is 4.74 Å². The maximum Gasteiger partial charge on any atom is 0.0535 e. The van der Waals surface area contributed by atoms with Gasteiger partial charge in [-0.1, -0.05) is 19.8 Å². The predicted octanol–water partition coefficient (Wildman–Crippen LogP) is 2.97. The molecule has 90 valence electrons. The predicted molar refractivity (Wildman–Crippen MR) is 65.1 cm³/mol. The first-order valence-corrected chi connectivity index (χ1v) is 6.30. The summed E-state index contributed by atoms with van der Waals surface area (Å²) < 4.78 is 5.58. The summed E-state index contributed by atoms with van der Waals surface area (Å²) in [6.45, 7) is 12.0. The van der Waals surface area contributed by atoms with Crippen molar-refractivity contribution in [2.75, 3.05) is 19.8 Å². The molecule has 0 amide bonds. The van der Waals surface area contributed by atoms with Gasteiger partial charge in [0.15, 0.2) is 0 Å². The molecule has 1 heterocycles. The van der Waals surface area contributed by atoms with Crippen LogP contribution in [-0.4, -0.2) is 25.3 Å². The van der Waals surface area contributed by atoms with E-state index >= 15 is 0 Å². The van der Waals surface area contributed by atoms with Crippen LogP contribution < -0.4 is 5.32 Å². The molecule has 2 nitrogen and oxygen atoms in total. The first kappa shape index (κ1) is 13.0. The van der Waals surface area contributed by atoms with Crippen molar-refractivity contribution >= 4 is 0 Å². The van der Waals surface area contributed by atoms with Crippen molar-refractivity contribution < 1.29 is 4.74 Å². The average molecular weight is 213 g/mol. The topological polar surface area (TPSA) is 21.3 Å². The first-order valence-electron chi connectivity index (χ1n) is 6.30. The summed E-state index contributed by atoms with van der Waals surface area (Å²) in [5.74, 6) is 0. The Morgan fingerprint density at radius 2 is 2.07 bits per heavy atom. The number of rotatable bonds is 5. The van der Waals surface area contributed by atoms with Gasteiger partial charge in [0.2, 0.25) is 0 Å². The largest absolute Gasteiger partial charge is 0.381 e. The van der Waals surface area contributed by atoms with Crippen molar-refractivity contribution in [3.63, 3.8) is 0 Å². The van der Waals surface area contributed by atoms with E-state index in [9.17, 15) is 0 Å². The Kier molecular flexibility index (Phi) is 4.60. The van der Waals surface area contributed by atoms with E-state index < -0.39 is 0 Å². The molecule has 1 atom stereocenters. The molecule has 2 heteroatoms. The SMILES string of the molecule is CCCCC1(CNC(C)(C)C)CCOC1. The minimum atomic E-state index is 0.224. The summed E-state index contributed by atoms with van der Waals surface area (Å²) in [7, 11) is 0. The Morgan fingerprint density at radius 3 is 2.53 bits per heavy atom. The second-order valence-corrected chi connectivity index (χ2v) is 6.01. The number of ether oxygens (including phenoxy) is 1. The molecule has 1 fully saturated rings. The van der Waals surface area contributed by atoms with Gasteiger partial charge in [0, 0.05) is 24.1 Å². The molecule has 0 bridgehead atoms.